The molecule has 0 bridgehead atoms. The van der Waals surface area contributed by atoms with E-state index >= 15 is 0 Å². The number of piperazine rings is 2. The van der Waals surface area contributed by atoms with E-state index in [9.17, 15) is 9.59 Å². The van der Waals surface area contributed by atoms with Gasteiger partial charge in [0.1, 0.15) is 5.82 Å². The van der Waals surface area contributed by atoms with Crippen LogP contribution in [-0.4, -0.2) is 102 Å². The average Bonchev–Trinajstić information content (AvgIpc) is 2.73. The van der Waals surface area contributed by atoms with Crippen molar-refractivity contribution >= 4 is 17.6 Å². The van der Waals surface area contributed by atoms with Gasteiger partial charge < -0.3 is 15.1 Å². The largest absolute Gasteiger partial charge is 0.354 e. The summed E-state index contributed by atoms with van der Waals surface area (Å²) in [5.74, 6) is 1.06. The molecule has 0 aromatic carbocycles. The van der Waals surface area contributed by atoms with E-state index < -0.39 is 0 Å². The molecule has 4 rings (SSSR count). The van der Waals surface area contributed by atoms with Crippen molar-refractivity contribution in [3.05, 3.63) is 23.9 Å². The molecule has 170 valence electrons. The summed E-state index contributed by atoms with van der Waals surface area (Å²) >= 11 is 0. The smallest absolute Gasteiger partial charge is 0.253 e. The van der Waals surface area contributed by atoms with Gasteiger partial charge in [-0.25, -0.2) is 4.98 Å². The molecule has 3 fully saturated rings. The number of nitrogens with one attached hydrogen (secondary N) is 1. The summed E-state index contributed by atoms with van der Waals surface area (Å²) < 4.78 is 0. The van der Waals surface area contributed by atoms with Crippen LogP contribution in [0, 0.1) is 0 Å². The molecule has 2 saturated heterocycles. The van der Waals surface area contributed by atoms with Crippen LogP contribution >= 0.6 is 0 Å². The molecular weight excluding hydrogens is 392 g/mol. The summed E-state index contributed by atoms with van der Waals surface area (Å²) in [6.45, 7) is 11.6. The third-order valence-corrected chi connectivity index (χ3v) is 6.74. The Kier molecular flexibility index (Phi) is 7.07. The number of hydrogen-bond acceptors (Lipinski definition) is 6. The maximum absolute atomic E-state index is 12.8. The fourth-order valence-electron chi connectivity index (χ4n) is 4.57. The molecule has 0 atom stereocenters. The van der Waals surface area contributed by atoms with Crippen molar-refractivity contribution in [1.82, 2.24) is 25.0 Å². The van der Waals surface area contributed by atoms with E-state index in [-0.39, 0.29) is 17.9 Å². The zero-order valence-electron chi connectivity index (χ0n) is 18.9. The van der Waals surface area contributed by atoms with Crippen molar-refractivity contribution in [2.75, 3.05) is 63.8 Å². The normalized spacial score (nSPS) is 21.3. The standard InChI is InChI=1S/C23H36N6O2/c1-18(2)25-23(31)19-6-7-21(24-16-19)28-10-8-26(9-11-28)17-22(30)29-14-12-27(13-15-29)20-4-3-5-20/h6-7,16,18,20H,3-5,8-15,17H2,1-2H3,(H,25,31). The van der Waals surface area contributed by atoms with Crippen molar-refractivity contribution in [1.29, 1.82) is 0 Å². The molecule has 3 aliphatic rings. The van der Waals surface area contributed by atoms with Crippen molar-refractivity contribution in [3.8, 4) is 0 Å². The molecule has 0 unspecified atom stereocenters. The highest BCUT2D eigenvalue weighted by Gasteiger charge is 2.30. The van der Waals surface area contributed by atoms with Gasteiger partial charge in [-0.05, 0) is 38.8 Å². The summed E-state index contributed by atoms with van der Waals surface area (Å²) in [6, 6.07) is 4.63. The van der Waals surface area contributed by atoms with Crippen LogP contribution in [0.4, 0.5) is 5.82 Å². The number of carbonyl (C=O) groups is 2. The molecule has 8 heteroatoms. The summed E-state index contributed by atoms with van der Waals surface area (Å²) in [7, 11) is 0. The van der Waals surface area contributed by atoms with Crippen LogP contribution in [-0.2, 0) is 4.79 Å². The van der Waals surface area contributed by atoms with Gasteiger partial charge in [-0.1, -0.05) is 6.42 Å². The first-order valence-corrected chi connectivity index (χ1v) is 11.8. The van der Waals surface area contributed by atoms with Gasteiger partial charge in [-0.3, -0.25) is 19.4 Å². The third-order valence-electron chi connectivity index (χ3n) is 6.74. The zero-order chi connectivity index (χ0) is 21.8. The van der Waals surface area contributed by atoms with E-state index in [2.05, 4.69) is 25.0 Å². The summed E-state index contributed by atoms with van der Waals surface area (Å²) in [4.78, 5) is 38.4. The number of anilines is 1. The second kappa shape index (κ2) is 9.96. The molecular formula is C23H36N6O2. The minimum atomic E-state index is -0.0918. The van der Waals surface area contributed by atoms with Crippen LogP contribution < -0.4 is 10.2 Å². The molecule has 31 heavy (non-hydrogen) atoms. The third kappa shape index (κ3) is 5.54. The van der Waals surface area contributed by atoms with Crippen LogP contribution in [0.5, 0.6) is 0 Å². The maximum atomic E-state index is 12.8. The monoisotopic (exact) mass is 428 g/mol. The van der Waals surface area contributed by atoms with Crippen LogP contribution in [0.25, 0.3) is 0 Å². The quantitative estimate of drug-likeness (QED) is 0.730. The highest BCUT2D eigenvalue weighted by molar-refractivity contribution is 5.94. The first-order valence-electron chi connectivity index (χ1n) is 11.8. The average molecular weight is 429 g/mol. The number of pyridine rings is 1. The molecule has 1 aliphatic carbocycles. The summed E-state index contributed by atoms with van der Waals surface area (Å²) in [5, 5.41) is 2.88. The van der Waals surface area contributed by atoms with E-state index in [1.165, 1.54) is 19.3 Å². The summed E-state index contributed by atoms with van der Waals surface area (Å²) in [6.07, 6.45) is 5.68. The fraction of sp³-hybridized carbons (Fsp3) is 0.696. The lowest BCUT2D eigenvalue weighted by Gasteiger charge is -2.43. The molecule has 0 spiro atoms. The number of aromatic nitrogens is 1. The van der Waals surface area contributed by atoms with Crippen LogP contribution in [0.15, 0.2) is 18.3 Å². The Morgan fingerprint density at radius 1 is 1.03 bits per heavy atom. The lowest BCUT2D eigenvalue weighted by Crippen LogP contribution is -2.56. The molecule has 1 N–H and O–H groups in total. The Balaban J connectivity index is 1.20. The number of hydrogen-bond donors (Lipinski definition) is 1. The van der Waals surface area contributed by atoms with Crippen molar-refractivity contribution in [2.45, 2.75) is 45.2 Å². The molecule has 1 aromatic heterocycles. The minimum absolute atomic E-state index is 0.0918. The van der Waals surface area contributed by atoms with Gasteiger partial charge in [-0.15, -0.1) is 0 Å². The minimum Gasteiger partial charge on any atom is -0.354 e. The second-order valence-electron chi connectivity index (χ2n) is 9.30. The van der Waals surface area contributed by atoms with Crippen LogP contribution in [0.1, 0.15) is 43.5 Å². The second-order valence-corrected chi connectivity index (χ2v) is 9.30. The molecule has 0 radical (unpaired) electrons. The van der Waals surface area contributed by atoms with Gasteiger partial charge in [0.15, 0.2) is 0 Å². The number of carbonyl (C=O) groups excluding carboxylic acids is 2. The molecule has 2 aliphatic heterocycles. The highest BCUT2D eigenvalue weighted by Crippen LogP contribution is 2.25. The van der Waals surface area contributed by atoms with E-state index in [4.69, 9.17) is 0 Å². The van der Waals surface area contributed by atoms with Gasteiger partial charge in [0, 0.05) is 70.6 Å². The topological polar surface area (TPSA) is 72.0 Å². The summed E-state index contributed by atoms with van der Waals surface area (Å²) in [5.41, 5.74) is 0.582. The van der Waals surface area contributed by atoms with Gasteiger partial charge >= 0.3 is 0 Å². The lowest BCUT2D eigenvalue weighted by molar-refractivity contribution is -0.134. The van der Waals surface area contributed by atoms with E-state index in [0.29, 0.717) is 12.1 Å². The van der Waals surface area contributed by atoms with E-state index in [1.807, 2.05) is 30.9 Å². The Hall–Kier alpha value is -2.19. The van der Waals surface area contributed by atoms with E-state index in [0.717, 1.165) is 64.2 Å². The van der Waals surface area contributed by atoms with Crippen molar-refractivity contribution in [3.63, 3.8) is 0 Å². The Bertz CT molecular complexity index is 748. The zero-order valence-corrected chi connectivity index (χ0v) is 18.9. The molecule has 8 nitrogen and oxygen atoms in total. The molecule has 2 amide bonds. The Morgan fingerprint density at radius 3 is 2.29 bits per heavy atom. The van der Waals surface area contributed by atoms with Crippen LogP contribution in [0.3, 0.4) is 0 Å². The van der Waals surface area contributed by atoms with E-state index in [1.54, 1.807) is 6.20 Å². The molecule has 3 heterocycles. The van der Waals surface area contributed by atoms with Gasteiger partial charge in [0.25, 0.3) is 5.91 Å². The van der Waals surface area contributed by atoms with Gasteiger partial charge in [0.05, 0.1) is 12.1 Å². The highest BCUT2D eigenvalue weighted by atomic mass is 16.2. The van der Waals surface area contributed by atoms with Gasteiger partial charge in [0.2, 0.25) is 5.91 Å². The Morgan fingerprint density at radius 2 is 1.74 bits per heavy atom. The number of rotatable bonds is 6. The predicted molar refractivity (Wildman–Crippen MR) is 121 cm³/mol. The van der Waals surface area contributed by atoms with Gasteiger partial charge in [-0.2, -0.15) is 0 Å². The van der Waals surface area contributed by atoms with Crippen molar-refractivity contribution in [2.24, 2.45) is 0 Å². The first kappa shape index (κ1) is 22.0. The Labute approximate surface area is 185 Å². The predicted octanol–water partition coefficient (Wildman–Crippen LogP) is 1.04. The SMILES string of the molecule is CC(C)NC(=O)c1ccc(N2CCN(CC(=O)N3CCN(C4CCC4)CC3)CC2)nc1. The number of nitrogens with zero attached hydrogens (tertiary/aromatic N) is 5. The maximum Gasteiger partial charge on any atom is 0.253 e. The fourth-order valence-corrected chi connectivity index (χ4v) is 4.57. The molecule has 1 saturated carbocycles. The van der Waals surface area contributed by atoms with Crippen LogP contribution in [0.2, 0.25) is 0 Å². The number of amides is 2. The first-order chi connectivity index (χ1) is 15.0. The molecule has 1 aromatic rings. The lowest BCUT2D eigenvalue weighted by atomic mass is 9.91. The van der Waals surface area contributed by atoms with Crippen molar-refractivity contribution < 1.29 is 9.59 Å².